The van der Waals surface area contributed by atoms with E-state index in [2.05, 4.69) is 24.4 Å². The first kappa shape index (κ1) is 18.5. The second-order valence-corrected chi connectivity index (χ2v) is 7.30. The molecule has 3 rings (SSSR count). The summed E-state index contributed by atoms with van der Waals surface area (Å²) in [4.78, 5) is 25.4. The summed E-state index contributed by atoms with van der Waals surface area (Å²) >= 11 is 0. The Bertz CT molecular complexity index is 742. The van der Waals surface area contributed by atoms with E-state index >= 15 is 0 Å². The van der Waals surface area contributed by atoms with E-state index in [1.165, 1.54) is 5.56 Å². The van der Waals surface area contributed by atoms with Gasteiger partial charge in [-0.05, 0) is 46.1 Å². The average Bonchev–Trinajstić information content (AvgIpc) is 2.61. The number of ether oxygens (including phenoxy) is 2. The van der Waals surface area contributed by atoms with Crippen molar-refractivity contribution in [1.82, 2.24) is 5.32 Å². The van der Waals surface area contributed by atoms with Gasteiger partial charge in [0.2, 0.25) is 0 Å². The molecule has 5 nitrogen and oxygen atoms in total. The van der Waals surface area contributed by atoms with Crippen LogP contribution in [0.15, 0.2) is 41.6 Å². The maximum atomic E-state index is 13.0. The van der Waals surface area contributed by atoms with E-state index in [4.69, 9.17) is 9.47 Å². The summed E-state index contributed by atoms with van der Waals surface area (Å²) in [5, 5.41) is 3.49. The van der Waals surface area contributed by atoms with Crippen LogP contribution in [0, 0.1) is 5.41 Å². The number of benzene rings is 1. The topological polar surface area (TPSA) is 64.6 Å². The minimum absolute atomic E-state index is 0.173. The number of rotatable bonds is 5. The lowest BCUT2D eigenvalue weighted by Crippen LogP contribution is -2.73. The molecule has 5 heteroatoms. The van der Waals surface area contributed by atoms with Crippen molar-refractivity contribution in [3.05, 3.63) is 47.2 Å². The fraction of sp³-hybridized carbons (Fsp3) is 0.524. The highest BCUT2D eigenvalue weighted by molar-refractivity contribution is 5.93. The van der Waals surface area contributed by atoms with Crippen LogP contribution in [-0.4, -0.2) is 30.7 Å². The highest BCUT2D eigenvalue weighted by atomic mass is 16.5. The number of allylic oxidation sites excluding steroid dienone is 1. The third-order valence-corrected chi connectivity index (χ3v) is 6.01. The van der Waals surface area contributed by atoms with Crippen molar-refractivity contribution >= 4 is 11.9 Å². The molecule has 2 aliphatic rings. The Labute approximate surface area is 154 Å². The second kappa shape index (κ2) is 6.78. The van der Waals surface area contributed by atoms with Crippen LogP contribution in [0.25, 0.3) is 0 Å². The molecule has 0 unspecified atom stereocenters. The molecule has 140 valence electrons. The standard InChI is InChI=1S/C21H27NO4/c1-5-25-18(23)16-12-21(19(24)26-6-2)13-17(15-10-8-7-9-11-15)20(21,4)22-14(16)3/h7-11,17,22H,5-6,12-13H2,1-4H3/t17-,20-,21+/m0/s1. The quantitative estimate of drug-likeness (QED) is 0.819. The zero-order chi connectivity index (χ0) is 18.9. The van der Waals surface area contributed by atoms with E-state index in [0.29, 0.717) is 31.6 Å². The Hall–Kier alpha value is -2.30. The first-order valence-electron chi connectivity index (χ1n) is 9.27. The van der Waals surface area contributed by atoms with Crippen molar-refractivity contribution in [3.8, 4) is 0 Å². The van der Waals surface area contributed by atoms with Crippen molar-refractivity contribution in [2.24, 2.45) is 5.41 Å². The Balaban J connectivity index is 2.02. The first-order chi connectivity index (χ1) is 12.4. The maximum Gasteiger partial charge on any atom is 0.335 e. The molecule has 26 heavy (non-hydrogen) atoms. The van der Waals surface area contributed by atoms with Gasteiger partial charge in [-0.25, -0.2) is 4.79 Å². The van der Waals surface area contributed by atoms with Crippen LogP contribution in [0.1, 0.15) is 52.0 Å². The van der Waals surface area contributed by atoms with Gasteiger partial charge in [0.15, 0.2) is 0 Å². The summed E-state index contributed by atoms with van der Waals surface area (Å²) < 4.78 is 10.6. The zero-order valence-electron chi connectivity index (χ0n) is 15.9. The first-order valence-corrected chi connectivity index (χ1v) is 9.27. The largest absolute Gasteiger partial charge is 0.465 e. The lowest BCUT2D eigenvalue weighted by atomic mass is 9.44. The molecule has 3 atom stereocenters. The number of fused-ring (bicyclic) bond motifs is 1. The van der Waals surface area contributed by atoms with Gasteiger partial charge in [-0.1, -0.05) is 30.3 Å². The van der Waals surface area contributed by atoms with Gasteiger partial charge in [0, 0.05) is 11.6 Å². The summed E-state index contributed by atoms with van der Waals surface area (Å²) in [5.74, 6) is -0.422. The maximum absolute atomic E-state index is 13.0. The van der Waals surface area contributed by atoms with Gasteiger partial charge in [-0.3, -0.25) is 4.79 Å². The highest BCUT2D eigenvalue weighted by Crippen LogP contribution is 2.64. The smallest absolute Gasteiger partial charge is 0.335 e. The Morgan fingerprint density at radius 3 is 2.42 bits per heavy atom. The molecule has 0 aromatic heterocycles. The van der Waals surface area contributed by atoms with Crippen LogP contribution in [0.3, 0.4) is 0 Å². The monoisotopic (exact) mass is 357 g/mol. The van der Waals surface area contributed by atoms with E-state index in [-0.39, 0.29) is 17.9 Å². The summed E-state index contributed by atoms with van der Waals surface area (Å²) in [6, 6.07) is 10.2. The predicted molar refractivity (Wildman–Crippen MR) is 98.4 cm³/mol. The van der Waals surface area contributed by atoms with Gasteiger partial charge in [0.25, 0.3) is 0 Å². The molecule has 1 aliphatic carbocycles. The molecule has 1 fully saturated rings. The Morgan fingerprint density at radius 2 is 1.81 bits per heavy atom. The molecule has 0 amide bonds. The van der Waals surface area contributed by atoms with E-state index in [1.807, 2.05) is 32.0 Å². The number of hydrogen-bond acceptors (Lipinski definition) is 5. The predicted octanol–water partition coefficient (Wildman–Crippen LogP) is 3.31. The molecule has 0 radical (unpaired) electrons. The van der Waals surface area contributed by atoms with Crippen LogP contribution in [-0.2, 0) is 19.1 Å². The molecular formula is C21H27NO4. The number of nitrogens with one attached hydrogen (secondary N) is 1. The minimum atomic E-state index is -0.759. The van der Waals surface area contributed by atoms with Crippen molar-refractivity contribution < 1.29 is 19.1 Å². The average molecular weight is 357 g/mol. The lowest BCUT2D eigenvalue weighted by Gasteiger charge is -2.64. The molecule has 1 saturated carbocycles. The van der Waals surface area contributed by atoms with Gasteiger partial charge in [-0.15, -0.1) is 0 Å². The number of esters is 2. The van der Waals surface area contributed by atoms with E-state index in [1.54, 1.807) is 6.92 Å². The Morgan fingerprint density at radius 1 is 1.15 bits per heavy atom. The SMILES string of the molecule is CCOC(=O)C1=C(C)N[C@@]2(C)[C@H](c3ccccc3)C[C@@]2(C(=O)OCC)C1. The van der Waals surface area contributed by atoms with Crippen LogP contribution in [0.5, 0.6) is 0 Å². The van der Waals surface area contributed by atoms with Crippen molar-refractivity contribution in [2.45, 2.75) is 52.0 Å². The Kier molecular flexibility index (Phi) is 4.82. The van der Waals surface area contributed by atoms with Crippen LogP contribution < -0.4 is 5.32 Å². The van der Waals surface area contributed by atoms with Crippen molar-refractivity contribution in [1.29, 1.82) is 0 Å². The highest BCUT2D eigenvalue weighted by Gasteiger charge is 2.70. The summed E-state index contributed by atoms with van der Waals surface area (Å²) in [5.41, 5.74) is 1.26. The molecule has 0 spiro atoms. The van der Waals surface area contributed by atoms with Gasteiger partial charge < -0.3 is 14.8 Å². The second-order valence-electron chi connectivity index (χ2n) is 7.30. The molecule has 1 aliphatic heterocycles. The van der Waals surface area contributed by atoms with Gasteiger partial charge in [-0.2, -0.15) is 0 Å². The van der Waals surface area contributed by atoms with Crippen LogP contribution in [0.4, 0.5) is 0 Å². The van der Waals surface area contributed by atoms with Crippen molar-refractivity contribution in [3.63, 3.8) is 0 Å². The van der Waals surface area contributed by atoms with Crippen molar-refractivity contribution in [2.75, 3.05) is 13.2 Å². The van der Waals surface area contributed by atoms with E-state index < -0.39 is 11.0 Å². The summed E-state index contributed by atoms with van der Waals surface area (Å²) in [6.45, 7) is 8.17. The third-order valence-electron chi connectivity index (χ3n) is 6.01. The van der Waals surface area contributed by atoms with Gasteiger partial charge in [0.1, 0.15) is 0 Å². The fourth-order valence-corrected chi connectivity index (χ4v) is 4.55. The van der Waals surface area contributed by atoms with E-state index in [0.717, 1.165) is 5.70 Å². The zero-order valence-corrected chi connectivity index (χ0v) is 15.9. The number of carbonyl (C=O) groups excluding carboxylic acids is 2. The number of hydrogen-bond donors (Lipinski definition) is 1. The normalized spacial score (nSPS) is 29.9. The number of carbonyl (C=O) groups is 2. The molecule has 1 aromatic rings. The van der Waals surface area contributed by atoms with Gasteiger partial charge >= 0.3 is 11.9 Å². The fourth-order valence-electron chi connectivity index (χ4n) is 4.55. The summed E-state index contributed by atoms with van der Waals surface area (Å²) in [7, 11) is 0. The minimum Gasteiger partial charge on any atom is -0.465 e. The lowest BCUT2D eigenvalue weighted by molar-refractivity contribution is -0.176. The molecule has 1 N–H and O–H groups in total. The van der Waals surface area contributed by atoms with Gasteiger partial charge in [0.05, 0.1) is 29.7 Å². The molecule has 0 bridgehead atoms. The molecule has 1 aromatic carbocycles. The molecule has 0 saturated heterocycles. The molecule has 1 heterocycles. The van der Waals surface area contributed by atoms with Crippen LogP contribution >= 0.6 is 0 Å². The summed E-state index contributed by atoms with van der Waals surface area (Å²) in [6.07, 6.45) is 0.999. The van der Waals surface area contributed by atoms with E-state index in [9.17, 15) is 9.59 Å². The molecular weight excluding hydrogens is 330 g/mol. The van der Waals surface area contributed by atoms with Crippen LogP contribution in [0.2, 0.25) is 0 Å². The third kappa shape index (κ3) is 2.61.